The summed E-state index contributed by atoms with van der Waals surface area (Å²) in [5.74, 6) is 0.395. The number of halogens is 1. The van der Waals surface area contributed by atoms with Crippen LogP contribution in [0.1, 0.15) is 55.7 Å². The predicted octanol–water partition coefficient (Wildman–Crippen LogP) is 3.51. The van der Waals surface area contributed by atoms with Gasteiger partial charge in [0.05, 0.1) is 11.4 Å². The van der Waals surface area contributed by atoms with Gasteiger partial charge in [-0.15, -0.1) is 17.5 Å². The number of para-hydroxylation sites is 1. The lowest BCUT2D eigenvalue weighted by atomic mass is 10.0. The van der Waals surface area contributed by atoms with Gasteiger partial charge in [-0.3, -0.25) is 4.79 Å². The van der Waals surface area contributed by atoms with Gasteiger partial charge in [-0.05, 0) is 56.7 Å². The fourth-order valence-corrected chi connectivity index (χ4v) is 4.03. The van der Waals surface area contributed by atoms with Crippen LogP contribution in [0.3, 0.4) is 0 Å². The lowest BCUT2D eigenvalue weighted by molar-refractivity contribution is 0.0613. The van der Waals surface area contributed by atoms with E-state index in [0.29, 0.717) is 18.2 Å². The van der Waals surface area contributed by atoms with Crippen LogP contribution in [0, 0.1) is 5.92 Å². The first-order valence-electron chi connectivity index (χ1n) is 11.1. The Kier molecular flexibility index (Phi) is 10.4. The maximum atomic E-state index is 13.7. The number of hydrogen-bond donors (Lipinski definition) is 1. The highest BCUT2D eigenvalue weighted by Gasteiger charge is 2.31. The van der Waals surface area contributed by atoms with Crippen molar-refractivity contribution in [3.63, 3.8) is 0 Å². The van der Waals surface area contributed by atoms with E-state index in [9.17, 15) is 4.79 Å². The molecular weight excluding hydrogens is 414 g/mol. The number of nitrogens with one attached hydrogen (secondary N) is 1. The van der Waals surface area contributed by atoms with Crippen molar-refractivity contribution in [2.45, 2.75) is 52.0 Å². The summed E-state index contributed by atoms with van der Waals surface area (Å²) in [6.45, 7) is 7.62. The van der Waals surface area contributed by atoms with Gasteiger partial charge in [-0.1, -0.05) is 37.3 Å². The van der Waals surface area contributed by atoms with E-state index < -0.39 is 0 Å². The molecule has 0 spiro atoms. The second-order valence-electron chi connectivity index (χ2n) is 8.43. The molecule has 3 rings (SSSR count). The molecule has 31 heavy (non-hydrogen) atoms. The molecule has 1 N–H and O–H groups in total. The number of unbranched alkanes of at least 4 members (excludes halogenated alkanes) is 1. The molecule has 1 aliphatic rings. The van der Waals surface area contributed by atoms with Crippen molar-refractivity contribution in [1.29, 1.82) is 0 Å². The summed E-state index contributed by atoms with van der Waals surface area (Å²) in [5, 5.41) is 12.2. The van der Waals surface area contributed by atoms with Crippen molar-refractivity contribution >= 4 is 18.3 Å². The van der Waals surface area contributed by atoms with E-state index in [2.05, 4.69) is 29.5 Å². The van der Waals surface area contributed by atoms with E-state index in [-0.39, 0.29) is 24.4 Å². The van der Waals surface area contributed by atoms with Crippen molar-refractivity contribution in [1.82, 2.24) is 25.2 Å². The molecule has 0 saturated carbocycles. The van der Waals surface area contributed by atoms with Gasteiger partial charge >= 0.3 is 0 Å². The third kappa shape index (κ3) is 6.76. The van der Waals surface area contributed by atoms with Crippen molar-refractivity contribution in [2.24, 2.45) is 5.92 Å². The Morgan fingerprint density at radius 3 is 2.71 bits per heavy atom. The number of methoxy groups -OCH3 is 1. The molecule has 172 valence electrons. The fraction of sp³-hybridized carbons (Fsp3) is 0.609. The summed E-state index contributed by atoms with van der Waals surface area (Å²) in [4.78, 5) is 15.7. The minimum Gasteiger partial charge on any atom is -0.385 e. The molecule has 7 nitrogen and oxygen atoms in total. The van der Waals surface area contributed by atoms with Crippen LogP contribution < -0.4 is 5.32 Å². The maximum Gasteiger partial charge on any atom is 0.276 e. The Labute approximate surface area is 191 Å². The van der Waals surface area contributed by atoms with Crippen LogP contribution in [-0.4, -0.2) is 65.2 Å². The Morgan fingerprint density at radius 2 is 2.06 bits per heavy atom. The van der Waals surface area contributed by atoms with Crippen LogP contribution in [0.4, 0.5) is 0 Å². The molecule has 1 aromatic heterocycles. The molecule has 0 bridgehead atoms. The Hall–Kier alpha value is -1.96. The number of aromatic nitrogens is 3. The van der Waals surface area contributed by atoms with E-state index in [1.165, 1.54) is 0 Å². The van der Waals surface area contributed by atoms with Crippen LogP contribution >= 0.6 is 12.4 Å². The molecule has 1 fully saturated rings. The third-order valence-corrected chi connectivity index (χ3v) is 5.51. The number of rotatable bonds is 10. The summed E-state index contributed by atoms with van der Waals surface area (Å²) in [6, 6.07) is 10.1. The second kappa shape index (κ2) is 12.8. The number of ether oxygens (including phenoxy) is 1. The average molecular weight is 450 g/mol. The first kappa shape index (κ1) is 25.3. The summed E-state index contributed by atoms with van der Waals surface area (Å²) >= 11 is 0. The van der Waals surface area contributed by atoms with Gasteiger partial charge in [0, 0.05) is 32.8 Å². The van der Waals surface area contributed by atoms with Crippen LogP contribution in [0.5, 0.6) is 0 Å². The Morgan fingerprint density at radius 1 is 1.29 bits per heavy atom. The minimum absolute atomic E-state index is 0. The molecule has 0 radical (unpaired) electrons. The average Bonchev–Trinajstić information content (AvgIpc) is 3.19. The highest BCUT2D eigenvalue weighted by Crippen LogP contribution is 2.21. The minimum atomic E-state index is 0. The lowest BCUT2D eigenvalue weighted by Gasteiger charge is -2.35. The molecular formula is C23H36ClN5O2. The summed E-state index contributed by atoms with van der Waals surface area (Å²) < 4.78 is 7.02. The zero-order valence-electron chi connectivity index (χ0n) is 18.9. The van der Waals surface area contributed by atoms with Gasteiger partial charge in [-0.25, -0.2) is 4.68 Å². The molecule has 2 heterocycles. The molecule has 8 heteroatoms. The van der Waals surface area contributed by atoms with Gasteiger partial charge in [0.25, 0.3) is 5.91 Å². The van der Waals surface area contributed by atoms with Crippen molar-refractivity contribution in [3.05, 3.63) is 41.7 Å². The molecule has 1 atom stereocenters. The van der Waals surface area contributed by atoms with Crippen molar-refractivity contribution in [2.75, 3.05) is 33.4 Å². The molecule has 1 amide bonds. The van der Waals surface area contributed by atoms with Crippen molar-refractivity contribution < 1.29 is 9.53 Å². The van der Waals surface area contributed by atoms with Gasteiger partial charge < -0.3 is 15.0 Å². The number of carbonyl (C=O) groups is 1. The maximum absolute atomic E-state index is 13.7. The van der Waals surface area contributed by atoms with Gasteiger partial charge in [0.1, 0.15) is 0 Å². The molecule has 1 saturated heterocycles. The smallest absolute Gasteiger partial charge is 0.276 e. The summed E-state index contributed by atoms with van der Waals surface area (Å²) in [6.07, 6.45) is 4.72. The van der Waals surface area contributed by atoms with E-state index >= 15 is 0 Å². The number of carbonyl (C=O) groups excluding carboxylic acids is 1. The number of nitrogens with zero attached hydrogens (tertiary/aromatic N) is 4. The van der Waals surface area contributed by atoms with Crippen LogP contribution in [0.15, 0.2) is 30.3 Å². The predicted molar refractivity (Wildman–Crippen MR) is 125 cm³/mol. The summed E-state index contributed by atoms with van der Waals surface area (Å²) in [7, 11) is 1.72. The van der Waals surface area contributed by atoms with Gasteiger partial charge in [-0.2, -0.15) is 0 Å². The van der Waals surface area contributed by atoms with Crippen LogP contribution in [0.25, 0.3) is 5.69 Å². The van der Waals surface area contributed by atoms with Crippen LogP contribution in [0.2, 0.25) is 0 Å². The van der Waals surface area contributed by atoms with Crippen LogP contribution in [-0.2, 0) is 11.2 Å². The van der Waals surface area contributed by atoms with Crippen molar-refractivity contribution in [3.8, 4) is 5.69 Å². The number of benzene rings is 1. The largest absolute Gasteiger partial charge is 0.385 e. The monoisotopic (exact) mass is 449 g/mol. The second-order valence-corrected chi connectivity index (χ2v) is 8.43. The molecule has 1 aliphatic heterocycles. The Bertz CT molecular complexity index is 791. The normalized spacial score (nSPS) is 16.2. The standard InChI is InChI=1S/C23H35N5O2.ClH/c1-18(2)17-27(20-12-9-14-24-16-20)23(29)22-21(13-7-8-15-30-3)28(26-25-22)19-10-5-4-6-11-19;/h4-6,10-11,18,20,24H,7-9,12-17H2,1-3H3;1H/t20-;/m0./s1. The molecule has 2 aromatic rings. The highest BCUT2D eigenvalue weighted by atomic mass is 35.5. The van der Waals surface area contributed by atoms with Gasteiger partial charge in [0.15, 0.2) is 5.69 Å². The quantitative estimate of drug-likeness (QED) is 0.562. The molecule has 0 unspecified atom stereocenters. The SMILES string of the molecule is COCCCCc1c(C(=O)N(CC(C)C)[C@H]2CCCNC2)nnn1-c1ccccc1.Cl. The number of piperidine rings is 1. The zero-order valence-corrected chi connectivity index (χ0v) is 19.7. The Balaban J connectivity index is 0.00000341. The molecule has 1 aromatic carbocycles. The van der Waals surface area contributed by atoms with E-state index in [0.717, 1.165) is 63.1 Å². The first-order chi connectivity index (χ1) is 14.6. The molecule has 0 aliphatic carbocycles. The first-order valence-corrected chi connectivity index (χ1v) is 11.1. The lowest BCUT2D eigenvalue weighted by Crippen LogP contribution is -2.50. The number of hydrogen-bond acceptors (Lipinski definition) is 5. The highest BCUT2D eigenvalue weighted by molar-refractivity contribution is 5.93. The fourth-order valence-electron chi connectivity index (χ4n) is 4.03. The third-order valence-electron chi connectivity index (χ3n) is 5.51. The van der Waals surface area contributed by atoms with E-state index in [1.807, 2.05) is 39.9 Å². The summed E-state index contributed by atoms with van der Waals surface area (Å²) in [5.41, 5.74) is 2.31. The van der Waals surface area contributed by atoms with Gasteiger partial charge in [0.2, 0.25) is 0 Å². The number of amides is 1. The zero-order chi connectivity index (χ0) is 21.3. The van der Waals surface area contributed by atoms with E-state index in [4.69, 9.17) is 4.74 Å². The van der Waals surface area contributed by atoms with E-state index in [1.54, 1.807) is 7.11 Å². The topological polar surface area (TPSA) is 72.3 Å².